The van der Waals surface area contributed by atoms with Crippen molar-refractivity contribution in [3.63, 3.8) is 0 Å². The Morgan fingerprint density at radius 3 is 2.75 bits per heavy atom. The second kappa shape index (κ2) is 6.85. The van der Waals surface area contributed by atoms with Crippen LogP contribution in [-0.4, -0.2) is 43.3 Å². The molecule has 1 saturated heterocycles. The molecule has 112 valence electrons. The summed E-state index contributed by atoms with van der Waals surface area (Å²) in [6.45, 7) is 9.12. The molecular formula is C15H22ClFN2O. The fourth-order valence-corrected chi connectivity index (χ4v) is 2.66. The van der Waals surface area contributed by atoms with Crippen molar-refractivity contribution in [1.82, 2.24) is 10.2 Å². The Hall–Kier alpha value is -0.680. The number of nitrogens with one attached hydrogen (secondary N) is 1. The third-order valence-corrected chi connectivity index (χ3v) is 3.98. The first-order valence-electron chi connectivity index (χ1n) is 6.96. The fourth-order valence-electron chi connectivity index (χ4n) is 2.46. The molecule has 0 aromatic heterocycles. The third kappa shape index (κ3) is 4.16. The highest BCUT2D eigenvalue weighted by atomic mass is 35.5. The zero-order valence-electron chi connectivity index (χ0n) is 12.1. The minimum absolute atomic E-state index is 0.0266. The van der Waals surface area contributed by atoms with Crippen LogP contribution < -0.4 is 5.32 Å². The maximum Gasteiger partial charge on any atom is 0.127 e. The molecule has 0 unspecified atom stereocenters. The predicted octanol–water partition coefficient (Wildman–Crippen LogP) is 2.68. The Morgan fingerprint density at radius 1 is 1.35 bits per heavy atom. The van der Waals surface area contributed by atoms with Gasteiger partial charge in [0.05, 0.1) is 13.2 Å². The lowest BCUT2D eigenvalue weighted by Crippen LogP contribution is -2.54. The van der Waals surface area contributed by atoms with Crippen molar-refractivity contribution in [2.75, 3.05) is 32.8 Å². The van der Waals surface area contributed by atoms with E-state index in [2.05, 4.69) is 24.1 Å². The molecule has 1 aromatic rings. The number of rotatable bonds is 5. The van der Waals surface area contributed by atoms with Crippen molar-refractivity contribution in [1.29, 1.82) is 0 Å². The van der Waals surface area contributed by atoms with E-state index >= 15 is 0 Å². The first-order chi connectivity index (χ1) is 9.49. The van der Waals surface area contributed by atoms with Gasteiger partial charge in [0.1, 0.15) is 5.82 Å². The van der Waals surface area contributed by atoms with Crippen molar-refractivity contribution in [2.24, 2.45) is 0 Å². The van der Waals surface area contributed by atoms with Crippen LogP contribution in [-0.2, 0) is 11.3 Å². The molecule has 0 bridgehead atoms. The van der Waals surface area contributed by atoms with Gasteiger partial charge >= 0.3 is 0 Å². The van der Waals surface area contributed by atoms with Crippen LogP contribution in [0.3, 0.4) is 0 Å². The largest absolute Gasteiger partial charge is 0.379 e. The van der Waals surface area contributed by atoms with Crippen molar-refractivity contribution in [3.8, 4) is 0 Å². The quantitative estimate of drug-likeness (QED) is 0.905. The van der Waals surface area contributed by atoms with Gasteiger partial charge < -0.3 is 10.1 Å². The number of hydrogen-bond acceptors (Lipinski definition) is 3. The van der Waals surface area contributed by atoms with Crippen LogP contribution in [0.15, 0.2) is 18.2 Å². The van der Waals surface area contributed by atoms with Crippen LogP contribution in [0.5, 0.6) is 0 Å². The second-order valence-corrected chi connectivity index (χ2v) is 6.19. The van der Waals surface area contributed by atoms with E-state index in [0.717, 1.165) is 32.8 Å². The molecule has 1 N–H and O–H groups in total. The summed E-state index contributed by atoms with van der Waals surface area (Å²) in [5, 5.41) is 3.89. The normalized spacial score (nSPS) is 17.4. The molecule has 3 nitrogen and oxygen atoms in total. The summed E-state index contributed by atoms with van der Waals surface area (Å²) in [5.41, 5.74) is 0.633. The van der Waals surface area contributed by atoms with E-state index in [0.29, 0.717) is 17.1 Å². The predicted molar refractivity (Wildman–Crippen MR) is 79.6 cm³/mol. The van der Waals surface area contributed by atoms with Gasteiger partial charge in [-0.2, -0.15) is 0 Å². The van der Waals surface area contributed by atoms with Crippen molar-refractivity contribution in [3.05, 3.63) is 34.6 Å². The highest BCUT2D eigenvalue weighted by molar-refractivity contribution is 6.30. The molecule has 20 heavy (non-hydrogen) atoms. The van der Waals surface area contributed by atoms with Crippen LogP contribution >= 0.6 is 11.6 Å². The molecule has 1 heterocycles. The summed E-state index contributed by atoms with van der Waals surface area (Å²) >= 11 is 5.89. The molecule has 1 aliphatic rings. The van der Waals surface area contributed by atoms with Crippen molar-refractivity contribution >= 4 is 11.6 Å². The van der Waals surface area contributed by atoms with Crippen LogP contribution in [0, 0.1) is 5.82 Å². The molecule has 0 saturated carbocycles. The highest BCUT2D eigenvalue weighted by Crippen LogP contribution is 2.17. The molecule has 0 amide bonds. The maximum atomic E-state index is 13.6. The number of benzene rings is 1. The van der Waals surface area contributed by atoms with E-state index in [4.69, 9.17) is 16.3 Å². The molecule has 2 rings (SSSR count). The molecule has 5 heteroatoms. The fraction of sp³-hybridized carbons (Fsp3) is 0.600. The average Bonchev–Trinajstić information content (AvgIpc) is 2.43. The van der Waals surface area contributed by atoms with E-state index in [-0.39, 0.29) is 11.4 Å². The first-order valence-corrected chi connectivity index (χ1v) is 7.34. The van der Waals surface area contributed by atoms with E-state index in [9.17, 15) is 4.39 Å². The van der Waals surface area contributed by atoms with Crippen molar-refractivity contribution < 1.29 is 9.13 Å². The minimum atomic E-state index is -0.217. The second-order valence-electron chi connectivity index (χ2n) is 5.75. The Kier molecular flexibility index (Phi) is 5.38. The van der Waals surface area contributed by atoms with Gasteiger partial charge in [-0.25, -0.2) is 4.39 Å². The van der Waals surface area contributed by atoms with Gasteiger partial charge in [-0.05, 0) is 32.0 Å². The van der Waals surface area contributed by atoms with Gasteiger partial charge in [0, 0.05) is 42.3 Å². The lowest BCUT2D eigenvalue weighted by molar-refractivity contribution is -0.00968. The topological polar surface area (TPSA) is 24.5 Å². The summed E-state index contributed by atoms with van der Waals surface area (Å²) in [7, 11) is 0. The van der Waals surface area contributed by atoms with E-state index in [1.807, 2.05) is 0 Å². The summed E-state index contributed by atoms with van der Waals surface area (Å²) < 4.78 is 19.0. The van der Waals surface area contributed by atoms with Gasteiger partial charge in [-0.1, -0.05) is 11.6 Å². The maximum absolute atomic E-state index is 13.6. The summed E-state index contributed by atoms with van der Waals surface area (Å²) in [5.74, 6) is -0.217. The van der Waals surface area contributed by atoms with Gasteiger partial charge in [0.15, 0.2) is 0 Å². The number of halogens is 2. The number of ether oxygens (including phenoxy) is 1. The molecule has 0 spiro atoms. The lowest BCUT2D eigenvalue weighted by atomic mass is 10.0. The molecular weight excluding hydrogens is 279 g/mol. The molecule has 1 aliphatic heterocycles. The van der Waals surface area contributed by atoms with E-state index in [1.54, 1.807) is 12.1 Å². The SMILES string of the molecule is CC(C)(CNCc1cc(Cl)ccc1F)N1CCOCC1. The van der Waals surface area contributed by atoms with Crippen LogP contribution in [0.25, 0.3) is 0 Å². The van der Waals surface area contributed by atoms with E-state index < -0.39 is 0 Å². The summed E-state index contributed by atoms with van der Waals surface area (Å²) in [6, 6.07) is 4.65. The van der Waals surface area contributed by atoms with Crippen molar-refractivity contribution in [2.45, 2.75) is 25.9 Å². The molecule has 0 aliphatic carbocycles. The monoisotopic (exact) mass is 300 g/mol. The van der Waals surface area contributed by atoms with Gasteiger partial charge in [-0.15, -0.1) is 0 Å². The van der Waals surface area contributed by atoms with Gasteiger partial charge in [0.2, 0.25) is 0 Å². The Balaban J connectivity index is 1.86. The zero-order valence-corrected chi connectivity index (χ0v) is 12.8. The standard InChI is InChI=1S/C15H22ClFN2O/c1-15(2,19-5-7-20-8-6-19)11-18-10-12-9-13(16)3-4-14(12)17/h3-4,9,18H,5-8,10-11H2,1-2H3. The average molecular weight is 301 g/mol. The first kappa shape index (κ1) is 15.7. The number of morpholine rings is 1. The number of nitrogens with zero attached hydrogens (tertiary/aromatic N) is 1. The molecule has 1 fully saturated rings. The van der Waals surface area contributed by atoms with Crippen LogP contribution in [0.4, 0.5) is 4.39 Å². The Bertz CT molecular complexity index is 447. The smallest absolute Gasteiger partial charge is 0.127 e. The number of hydrogen-bond donors (Lipinski definition) is 1. The lowest BCUT2D eigenvalue weighted by Gasteiger charge is -2.41. The van der Waals surface area contributed by atoms with Gasteiger partial charge in [-0.3, -0.25) is 4.90 Å². The Morgan fingerprint density at radius 2 is 2.05 bits per heavy atom. The summed E-state index contributed by atoms with van der Waals surface area (Å²) in [4.78, 5) is 2.40. The van der Waals surface area contributed by atoms with E-state index in [1.165, 1.54) is 6.07 Å². The molecule has 1 aromatic carbocycles. The molecule has 0 atom stereocenters. The zero-order chi connectivity index (χ0) is 14.6. The molecule has 0 radical (unpaired) electrons. The highest BCUT2D eigenvalue weighted by Gasteiger charge is 2.27. The van der Waals surface area contributed by atoms with Crippen LogP contribution in [0.1, 0.15) is 19.4 Å². The Labute approximate surface area is 125 Å². The van der Waals surface area contributed by atoms with Crippen LogP contribution in [0.2, 0.25) is 5.02 Å². The minimum Gasteiger partial charge on any atom is -0.379 e. The third-order valence-electron chi connectivity index (χ3n) is 3.75. The summed E-state index contributed by atoms with van der Waals surface area (Å²) in [6.07, 6.45) is 0. The van der Waals surface area contributed by atoms with Gasteiger partial charge in [0.25, 0.3) is 0 Å².